The van der Waals surface area contributed by atoms with Gasteiger partial charge in [0, 0.05) is 12.5 Å². The number of benzene rings is 1. The van der Waals surface area contributed by atoms with Crippen LogP contribution in [0.25, 0.3) is 0 Å². The zero-order valence-electron chi connectivity index (χ0n) is 20.0. The Balaban J connectivity index is 2.65. The Kier molecular flexibility index (Phi) is 10.1. The number of carbonyl (C=O) groups excluding carboxylic acids is 1. The second-order valence-electron chi connectivity index (χ2n) is 10.0. The molecule has 0 aliphatic carbocycles. The molecule has 0 radical (unpaired) electrons. The summed E-state index contributed by atoms with van der Waals surface area (Å²) in [6, 6.07) is 7.87. The number of rotatable bonds is 12. The van der Waals surface area contributed by atoms with Gasteiger partial charge in [0.05, 0.1) is 19.8 Å². The van der Waals surface area contributed by atoms with Crippen LogP contribution in [0.4, 0.5) is 0 Å². The van der Waals surface area contributed by atoms with Gasteiger partial charge in [-0.05, 0) is 54.1 Å². The zero-order valence-corrected chi connectivity index (χ0v) is 21.0. The maximum absolute atomic E-state index is 11.5. The number of methoxy groups -OCH3 is 1. The predicted octanol–water partition coefficient (Wildman–Crippen LogP) is 6.10. The van der Waals surface area contributed by atoms with Crippen LogP contribution in [0.3, 0.4) is 0 Å². The average molecular weight is 423 g/mol. The van der Waals surface area contributed by atoms with Crippen LogP contribution in [0, 0.1) is 17.8 Å². The van der Waals surface area contributed by atoms with Gasteiger partial charge >= 0.3 is 0 Å². The third kappa shape index (κ3) is 8.23. The summed E-state index contributed by atoms with van der Waals surface area (Å²) in [7, 11) is -0.0818. The van der Waals surface area contributed by atoms with Gasteiger partial charge < -0.3 is 18.7 Å². The standard InChI is InChI=1S/C24H42O4Si/c1-18(16-28-29(8,9)24(4,5)6)14-19(2)23(20(3)15-25)27-17-21-10-12-22(26-7)13-11-21/h10-13,15,18-20,23H,14,16-17H2,1-9H3/t18-,19+,20+,23+/m1/s1. The highest BCUT2D eigenvalue weighted by atomic mass is 28.4. The van der Waals surface area contributed by atoms with Crippen molar-refractivity contribution in [2.75, 3.05) is 13.7 Å². The van der Waals surface area contributed by atoms with E-state index in [1.54, 1.807) is 7.11 Å². The maximum atomic E-state index is 11.5. The van der Waals surface area contributed by atoms with E-state index in [9.17, 15) is 4.79 Å². The lowest BCUT2D eigenvalue weighted by molar-refractivity contribution is -0.118. The van der Waals surface area contributed by atoms with Crippen molar-refractivity contribution in [2.45, 2.75) is 78.8 Å². The molecule has 1 rings (SSSR count). The molecular weight excluding hydrogens is 380 g/mol. The van der Waals surface area contributed by atoms with E-state index in [0.29, 0.717) is 12.5 Å². The molecule has 0 aliphatic heterocycles. The van der Waals surface area contributed by atoms with Gasteiger partial charge in [-0.1, -0.05) is 53.7 Å². The quantitative estimate of drug-likeness (QED) is 0.301. The molecule has 0 heterocycles. The summed E-state index contributed by atoms with van der Waals surface area (Å²) in [4.78, 5) is 11.5. The van der Waals surface area contributed by atoms with Crippen LogP contribution in [0.5, 0.6) is 5.75 Å². The summed E-state index contributed by atoms with van der Waals surface area (Å²) < 4.78 is 17.8. The van der Waals surface area contributed by atoms with E-state index in [4.69, 9.17) is 13.9 Å². The number of carbonyl (C=O) groups is 1. The van der Waals surface area contributed by atoms with Gasteiger partial charge in [-0.2, -0.15) is 0 Å². The van der Waals surface area contributed by atoms with Crippen molar-refractivity contribution in [3.8, 4) is 5.75 Å². The number of aldehydes is 1. The third-order valence-electron chi connectivity index (χ3n) is 6.20. The maximum Gasteiger partial charge on any atom is 0.191 e. The van der Waals surface area contributed by atoms with Crippen LogP contribution >= 0.6 is 0 Å². The Morgan fingerprint density at radius 2 is 1.66 bits per heavy atom. The molecule has 0 spiro atoms. The molecule has 0 amide bonds. The first-order valence-corrected chi connectivity index (χ1v) is 13.7. The van der Waals surface area contributed by atoms with Gasteiger partial charge in [0.15, 0.2) is 8.32 Å². The smallest absolute Gasteiger partial charge is 0.191 e. The minimum Gasteiger partial charge on any atom is -0.497 e. The lowest BCUT2D eigenvalue weighted by Crippen LogP contribution is -2.42. The van der Waals surface area contributed by atoms with Crippen molar-refractivity contribution in [2.24, 2.45) is 17.8 Å². The van der Waals surface area contributed by atoms with Crippen molar-refractivity contribution in [1.29, 1.82) is 0 Å². The molecule has 0 saturated carbocycles. The molecule has 166 valence electrons. The highest BCUT2D eigenvalue weighted by Gasteiger charge is 2.37. The Morgan fingerprint density at radius 1 is 1.07 bits per heavy atom. The van der Waals surface area contributed by atoms with Crippen LogP contribution in [-0.2, 0) is 20.6 Å². The van der Waals surface area contributed by atoms with E-state index in [2.05, 4.69) is 47.7 Å². The predicted molar refractivity (Wildman–Crippen MR) is 123 cm³/mol. The summed E-state index contributed by atoms with van der Waals surface area (Å²) in [5.74, 6) is 1.38. The molecule has 0 unspecified atom stereocenters. The van der Waals surface area contributed by atoms with E-state index >= 15 is 0 Å². The topological polar surface area (TPSA) is 44.8 Å². The van der Waals surface area contributed by atoms with Crippen molar-refractivity contribution < 1.29 is 18.7 Å². The van der Waals surface area contributed by atoms with E-state index in [-0.39, 0.29) is 23.0 Å². The molecule has 0 bridgehead atoms. The second kappa shape index (κ2) is 11.3. The van der Waals surface area contributed by atoms with Crippen LogP contribution in [0.2, 0.25) is 18.1 Å². The van der Waals surface area contributed by atoms with Crippen LogP contribution in [0.1, 0.15) is 53.5 Å². The van der Waals surface area contributed by atoms with E-state index < -0.39 is 8.32 Å². The fraction of sp³-hybridized carbons (Fsp3) is 0.708. The molecule has 1 aromatic rings. The summed E-state index contributed by atoms with van der Waals surface area (Å²) in [5.41, 5.74) is 1.08. The molecule has 0 N–H and O–H groups in total. The summed E-state index contributed by atoms with van der Waals surface area (Å²) in [5, 5.41) is 0.217. The first kappa shape index (κ1) is 25.9. The van der Waals surface area contributed by atoms with Crippen molar-refractivity contribution in [3.63, 3.8) is 0 Å². The zero-order chi connectivity index (χ0) is 22.2. The second-order valence-corrected chi connectivity index (χ2v) is 14.8. The number of ether oxygens (including phenoxy) is 2. The Morgan fingerprint density at radius 3 is 2.14 bits per heavy atom. The lowest BCUT2D eigenvalue weighted by Gasteiger charge is -2.37. The highest BCUT2D eigenvalue weighted by Crippen LogP contribution is 2.37. The Bertz CT molecular complexity index is 606. The van der Waals surface area contributed by atoms with E-state index in [1.165, 1.54) is 0 Å². The lowest BCUT2D eigenvalue weighted by atomic mass is 9.87. The number of hydrogen-bond acceptors (Lipinski definition) is 4. The molecule has 4 nitrogen and oxygen atoms in total. The van der Waals surface area contributed by atoms with Crippen molar-refractivity contribution in [1.82, 2.24) is 0 Å². The summed E-state index contributed by atoms with van der Waals surface area (Å²) in [6.45, 7) is 19.0. The largest absolute Gasteiger partial charge is 0.497 e. The third-order valence-corrected chi connectivity index (χ3v) is 10.7. The van der Waals surface area contributed by atoms with Gasteiger partial charge in [0.25, 0.3) is 0 Å². The SMILES string of the molecule is COc1ccc(CO[C@H]([C@@H](C)C=O)[C@@H](C)C[C@@H](C)CO[Si](C)(C)C(C)(C)C)cc1. The fourth-order valence-electron chi connectivity index (χ4n) is 3.23. The molecule has 0 aromatic heterocycles. The van der Waals surface area contributed by atoms with Gasteiger partial charge in [-0.3, -0.25) is 0 Å². The fourth-order valence-corrected chi connectivity index (χ4v) is 4.36. The molecule has 4 atom stereocenters. The van der Waals surface area contributed by atoms with Gasteiger partial charge in [0.2, 0.25) is 0 Å². The molecule has 0 aliphatic rings. The number of hydrogen-bond donors (Lipinski definition) is 0. The van der Waals surface area contributed by atoms with Crippen LogP contribution in [0.15, 0.2) is 24.3 Å². The minimum atomic E-state index is -1.74. The minimum absolute atomic E-state index is 0.107. The van der Waals surface area contributed by atoms with E-state index in [1.807, 2.05) is 31.2 Å². The molecule has 29 heavy (non-hydrogen) atoms. The van der Waals surface area contributed by atoms with Crippen molar-refractivity contribution >= 4 is 14.6 Å². The Labute approximate surface area is 179 Å². The van der Waals surface area contributed by atoms with Gasteiger partial charge in [-0.25, -0.2) is 0 Å². The van der Waals surface area contributed by atoms with Crippen LogP contribution in [-0.4, -0.2) is 34.4 Å². The molecule has 0 fully saturated rings. The molecule has 0 saturated heterocycles. The summed E-state index contributed by atoms with van der Waals surface area (Å²) >= 11 is 0. The van der Waals surface area contributed by atoms with E-state index in [0.717, 1.165) is 30.6 Å². The first-order valence-electron chi connectivity index (χ1n) is 10.7. The van der Waals surface area contributed by atoms with Gasteiger partial charge in [-0.15, -0.1) is 0 Å². The molecule has 5 heteroatoms. The first-order chi connectivity index (χ1) is 13.4. The van der Waals surface area contributed by atoms with Gasteiger partial charge in [0.1, 0.15) is 12.0 Å². The highest BCUT2D eigenvalue weighted by molar-refractivity contribution is 6.74. The normalized spacial score (nSPS) is 16.7. The average Bonchev–Trinajstić information content (AvgIpc) is 2.65. The monoisotopic (exact) mass is 422 g/mol. The molecular formula is C24H42O4Si. The van der Waals surface area contributed by atoms with Crippen molar-refractivity contribution in [3.05, 3.63) is 29.8 Å². The summed E-state index contributed by atoms with van der Waals surface area (Å²) in [6.07, 6.45) is 1.87. The molecule has 1 aromatic carbocycles. The van der Waals surface area contributed by atoms with Crippen LogP contribution < -0.4 is 4.74 Å². The Hall–Kier alpha value is -1.17.